The molecule has 0 radical (unpaired) electrons. The molecule has 1 N–H and O–H groups in total. The number of amides is 1. The van der Waals surface area contributed by atoms with E-state index in [-0.39, 0.29) is 29.9 Å². The summed E-state index contributed by atoms with van der Waals surface area (Å²) in [4.78, 5) is 31.0. The Kier molecular flexibility index (Phi) is 7.84. The van der Waals surface area contributed by atoms with Crippen molar-refractivity contribution in [3.63, 3.8) is 0 Å². The summed E-state index contributed by atoms with van der Waals surface area (Å²) in [7, 11) is 0. The van der Waals surface area contributed by atoms with Crippen LogP contribution in [0.5, 0.6) is 5.75 Å². The maximum atomic E-state index is 14.6. The topological polar surface area (TPSA) is 83.0 Å². The number of alkyl halides is 2. The van der Waals surface area contributed by atoms with Crippen molar-refractivity contribution in [1.29, 1.82) is 0 Å². The van der Waals surface area contributed by atoms with Gasteiger partial charge in [-0.15, -0.1) is 0 Å². The van der Waals surface area contributed by atoms with Crippen LogP contribution in [0.3, 0.4) is 0 Å². The molecular formula is C25H28F3N3O4. The van der Waals surface area contributed by atoms with E-state index in [4.69, 9.17) is 4.74 Å². The van der Waals surface area contributed by atoms with Gasteiger partial charge >= 0.3 is 5.97 Å². The number of aryl methyl sites for hydroxylation is 1. The molecule has 0 aliphatic carbocycles. The first-order chi connectivity index (χ1) is 16.4. The summed E-state index contributed by atoms with van der Waals surface area (Å²) in [6.45, 7) is 9.41. The van der Waals surface area contributed by atoms with Crippen molar-refractivity contribution in [3.8, 4) is 5.75 Å². The minimum absolute atomic E-state index is 0.105. The van der Waals surface area contributed by atoms with Crippen molar-refractivity contribution in [2.24, 2.45) is 0 Å². The fourth-order valence-corrected chi connectivity index (χ4v) is 4.18. The molecule has 7 nitrogen and oxygen atoms in total. The van der Waals surface area contributed by atoms with Crippen molar-refractivity contribution in [1.82, 2.24) is 14.8 Å². The maximum Gasteiger partial charge on any atom is 0.354 e. The van der Waals surface area contributed by atoms with E-state index in [1.165, 1.54) is 24.4 Å². The van der Waals surface area contributed by atoms with Gasteiger partial charge in [-0.25, -0.2) is 22.9 Å². The molecule has 2 heterocycles. The van der Waals surface area contributed by atoms with Crippen LogP contribution >= 0.6 is 0 Å². The van der Waals surface area contributed by atoms with E-state index in [1.807, 2.05) is 11.8 Å². The summed E-state index contributed by atoms with van der Waals surface area (Å²) < 4.78 is 48.1. The molecule has 1 fully saturated rings. The molecule has 2 aromatic rings. The zero-order valence-electron chi connectivity index (χ0n) is 19.8. The number of nitrogens with zero attached hydrogens (tertiary/aromatic N) is 3. The van der Waals surface area contributed by atoms with Crippen LogP contribution in [0.1, 0.15) is 47.1 Å². The molecule has 188 valence electrons. The van der Waals surface area contributed by atoms with Crippen LogP contribution in [-0.4, -0.2) is 64.0 Å². The minimum atomic E-state index is -3.34. The smallest absolute Gasteiger partial charge is 0.354 e. The highest BCUT2D eigenvalue weighted by Crippen LogP contribution is 2.32. The summed E-state index contributed by atoms with van der Waals surface area (Å²) in [5.74, 6) is -5.46. The molecule has 1 saturated heterocycles. The van der Waals surface area contributed by atoms with Crippen molar-refractivity contribution < 1.29 is 32.6 Å². The Balaban J connectivity index is 1.88. The maximum absolute atomic E-state index is 14.6. The average Bonchev–Trinajstić information content (AvgIpc) is 2.77. The molecule has 0 spiro atoms. The van der Waals surface area contributed by atoms with Gasteiger partial charge in [0.15, 0.2) is 5.69 Å². The number of carboxylic acid groups (broad SMARTS) is 1. The highest BCUT2D eigenvalue weighted by atomic mass is 19.3. The quantitative estimate of drug-likeness (QED) is 0.558. The van der Waals surface area contributed by atoms with Gasteiger partial charge in [0.2, 0.25) is 5.91 Å². The van der Waals surface area contributed by atoms with Crippen LogP contribution in [-0.2, 0) is 10.7 Å². The molecule has 1 aromatic carbocycles. The lowest BCUT2D eigenvalue weighted by atomic mass is 10.0. The van der Waals surface area contributed by atoms with Crippen molar-refractivity contribution in [2.45, 2.75) is 38.8 Å². The number of carboxylic acids is 1. The zero-order chi connectivity index (χ0) is 25.9. The third kappa shape index (κ3) is 6.19. The first kappa shape index (κ1) is 26.2. The van der Waals surface area contributed by atoms with E-state index in [2.05, 4.69) is 11.6 Å². The van der Waals surface area contributed by atoms with Crippen molar-refractivity contribution >= 4 is 11.9 Å². The van der Waals surface area contributed by atoms with Crippen LogP contribution in [0.25, 0.3) is 0 Å². The first-order valence-corrected chi connectivity index (χ1v) is 11.1. The van der Waals surface area contributed by atoms with Gasteiger partial charge in [0.25, 0.3) is 5.92 Å². The number of carbonyl (C=O) groups excluding carboxylic acids is 1. The number of hydrogen-bond acceptors (Lipinski definition) is 5. The second kappa shape index (κ2) is 10.5. The average molecular weight is 492 g/mol. The minimum Gasteiger partial charge on any atom is -0.483 e. The number of carbonyl (C=O) groups is 2. The van der Waals surface area contributed by atoms with Gasteiger partial charge in [-0.2, -0.15) is 0 Å². The number of aromatic carboxylic acids is 1. The third-order valence-electron chi connectivity index (χ3n) is 5.97. The first-order valence-electron chi connectivity index (χ1n) is 11.1. The van der Waals surface area contributed by atoms with Gasteiger partial charge in [-0.1, -0.05) is 12.6 Å². The van der Waals surface area contributed by atoms with Crippen LogP contribution in [0.15, 0.2) is 43.1 Å². The lowest BCUT2D eigenvalue weighted by Crippen LogP contribution is -2.54. The van der Waals surface area contributed by atoms with Gasteiger partial charge in [-0.3, -0.25) is 9.69 Å². The Morgan fingerprint density at radius 2 is 2.06 bits per heavy atom. The molecule has 1 unspecified atom stereocenters. The summed E-state index contributed by atoms with van der Waals surface area (Å²) in [5, 5.41) is 9.21. The predicted molar refractivity (Wildman–Crippen MR) is 123 cm³/mol. The van der Waals surface area contributed by atoms with Crippen molar-refractivity contribution in [2.75, 3.05) is 26.2 Å². The second-order valence-electron chi connectivity index (χ2n) is 8.72. The van der Waals surface area contributed by atoms with E-state index >= 15 is 0 Å². The van der Waals surface area contributed by atoms with E-state index in [1.54, 1.807) is 11.8 Å². The Hall–Kier alpha value is -3.40. The molecule has 1 aromatic heterocycles. The molecule has 1 aliphatic rings. The van der Waals surface area contributed by atoms with E-state index in [0.29, 0.717) is 37.7 Å². The molecule has 3 rings (SSSR count). The number of rotatable bonds is 8. The summed E-state index contributed by atoms with van der Waals surface area (Å²) in [5.41, 5.74) is -0.112. The molecule has 35 heavy (non-hydrogen) atoms. The monoisotopic (exact) mass is 491 g/mol. The summed E-state index contributed by atoms with van der Waals surface area (Å²) >= 11 is 0. The molecule has 10 heteroatoms. The number of benzene rings is 1. The number of piperazine rings is 1. The van der Waals surface area contributed by atoms with E-state index < -0.39 is 29.4 Å². The lowest BCUT2D eigenvalue weighted by molar-refractivity contribution is -0.130. The van der Waals surface area contributed by atoms with Gasteiger partial charge in [0.05, 0.1) is 11.8 Å². The standard InChI is InChI=1S/C25H28F3N3O4/c1-5-22(32)31-9-8-30(13-16(31)3)14-21(17-6-7-19(20(26)11-17)25(4,27)28)35-18-10-15(2)23(24(33)34)29-12-18/h5-7,10-12,16,21H,1,8-9,13-14H2,2-4H3,(H,33,34)/t16-,21?/m1/s1. The van der Waals surface area contributed by atoms with Crippen molar-refractivity contribution in [3.05, 3.63) is 71.3 Å². The highest BCUT2D eigenvalue weighted by molar-refractivity contribution is 5.87. The Bertz CT molecular complexity index is 1120. The third-order valence-corrected chi connectivity index (χ3v) is 5.97. The van der Waals surface area contributed by atoms with Crippen LogP contribution in [0, 0.1) is 12.7 Å². The Morgan fingerprint density at radius 1 is 1.34 bits per heavy atom. The number of aromatic nitrogens is 1. The molecule has 0 bridgehead atoms. The van der Waals surface area contributed by atoms with Crippen LogP contribution in [0.2, 0.25) is 0 Å². The van der Waals surface area contributed by atoms with E-state index in [0.717, 1.165) is 12.1 Å². The molecular weight excluding hydrogens is 463 g/mol. The molecule has 1 amide bonds. The molecule has 2 atom stereocenters. The number of hydrogen-bond donors (Lipinski definition) is 1. The Labute approximate surface area is 201 Å². The summed E-state index contributed by atoms with van der Waals surface area (Å²) in [6.07, 6.45) is 1.76. The number of ether oxygens (including phenoxy) is 1. The summed E-state index contributed by atoms with van der Waals surface area (Å²) in [6, 6.07) is 4.88. The molecule has 1 aliphatic heterocycles. The van der Waals surface area contributed by atoms with Gasteiger partial charge in [0.1, 0.15) is 17.7 Å². The fraction of sp³-hybridized carbons (Fsp3) is 0.400. The number of halogens is 3. The van der Waals surface area contributed by atoms with Crippen LogP contribution in [0.4, 0.5) is 13.2 Å². The SMILES string of the molecule is C=CC(=O)N1CCN(CC(Oc2cnc(C(=O)O)c(C)c2)c2ccc(C(C)(F)F)c(F)c2)C[C@H]1C. The normalized spacial score (nSPS) is 17.7. The highest BCUT2D eigenvalue weighted by Gasteiger charge is 2.31. The van der Waals surface area contributed by atoms with Crippen LogP contribution < -0.4 is 4.74 Å². The predicted octanol–water partition coefficient (Wildman–Crippen LogP) is 4.18. The largest absolute Gasteiger partial charge is 0.483 e. The second-order valence-corrected chi connectivity index (χ2v) is 8.72. The number of pyridine rings is 1. The fourth-order valence-electron chi connectivity index (χ4n) is 4.18. The lowest BCUT2D eigenvalue weighted by Gasteiger charge is -2.40. The Morgan fingerprint density at radius 3 is 2.60 bits per heavy atom. The van der Waals surface area contributed by atoms with E-state index in [9.17, 15) is 27.9 Å². The molecule has 0 saturated carbocycles. The van der Waals surface area contributed by atoms with Gasteiger partial charge in [0, 0.05) is 39.1 Å². The van der Waals surface area contributed by atoms with Gasteiger partial charge in [-0.05, 0) is 49.2 Å². The zero-order valence-corrected chi connectivity index (χ0v) is 19.8. The van der Waals surface area contributed by atoms with Gasteiger partial charge < -0.3 is 14.7 Å².